The van der Waals surface area contributed by atoms with Crippen molar-refractivity contribution in [1.29, 1.82) is 0 Å². The first-order valence-electron chi connectivity index (χ1n) is 9.63. The lowest BCUT2D eigenvalue weighted by atomic mass is 10.1. The Morgan fingerprint density at radius 2 is 1.71 bits per heavy atom. The molecule has 0 fully saturated rings. The standard InChI is InChI=1S/C23H20FN5O2/c1-15-25-22(29-28-15)20(16-9-4-2-5-10-16)26-23(30)27-21-18(24)13-8-14-19(21)31-17-11-6-3-7-12-17/h2-14,20H,1H3,(H,25,28,29)(H2,26,27,30). The lowest BCUT2D eigenvalue weighted by Gasteiger charge is -2.18. The predicted molar refractivity (Wildman–Crippen MR) is 114 cm³/mol. The highest BCUT2D eigenvalue weighted by Crippen LogP contribution is 2.32. The zero-order valence-corrected chi connectivity index (χ0v) is 16.7. The van der Waals surface area contributed by atoms with Gasteiger partial charge in [0.15, 0.2) is 17.4 Å². The number of carbonyl (C=O) groups is 1. The van der Waals surface area contributed by atoms with E-state index in [2.05, 4.69) is 25.8 Å². The summed E-state index contributed by atoms with van der Waals surface area (Å²) in [5.41, 5.74) is 0.716. The maximum atomic E-state index is 14.5. The van der Waals surface area contributed by atoms with Crippen LogP contribution in [0.25, 0.3) is 0 Å². The number of aromatic amines is 1. The highest BCUT2D eigenvalue weighted by molar-refractivity contribution is 5.91. The maximum Gasteiger partial charge on any atom is 0.320 e. The van der Waals surface area contributed by atoms with Crippen molar-refractivity contribution in [1.82, 2.24) is 20.5 Å². The van der Waals surface area contributed by atoms with Crippen LogP contribution in [-0.4, -0.2) is 21.2 Å². The van der Waals surface area contributed by atoms with E-state index >= 15 is 0 Å². The molecule has 0 aliphatic carbocycles. The Labute approximate surface area is 178 Å². The van der Waals surface area contributed by atoms with Gasteiger partial charge in [-0.05, 0) is 36.8 Å². The number of rotatable bonds is 6. The second-order valence-electron chi connectivity index (χ2n) is 6.75. The summed E-state index contributed by atoms with van der Waals surface area (Å²) in [6.45, 7) is 1.77. The van der Waals surface area contributed by atoms with Gasteiger partial charge in [-0.25, -0.2) is 14.2 Å². The van der Waals surface area contributed by atoms with Crippen LogP contribution in [0.4, 0.5) is 14.9 Å². The predicted octanol–water partition coefficient (Wildman–Crippen LogP) is 4.96. The first kappa shape index (κ1) is 20.1. The van der Waals surface area contributed by atoms with Gasteiger partial charge in [-0.15, -0.1) is 0 Å². The topological polar surface area (TPSA) is 91.9 Å². The van der Waals surface area contributed by atoms with E-state index in [-0.39, 0.29) is 11.4 Å². The van der Waals surface area contributed by atoms with Crippen molar-refractivity contribution in [3.8, 4) is 11.5 Å². The normalized spacial score (nSPS) is 11.5. The molecular weight excluding hydrogens is 397 g/mol. The van der Waals surface area contributed by atoms with Crippen LogP contribution in [0.5, 0.6) is 11.5 Å². The summed E-state index contributed by atoms with van der Waals surface area (Å²) in [7, 11) is 0. The molecule has 8 heteroatoms. The molecule has 3 aromatic carbocycles. The summed E-state index contributed by atoms with van der Waals surface area (Å²) < 4.78 is 20.3. The fraction of sp³-hybridized carbons (Fsp3) is 0.0870. The second-order valence-corrected chi connectivity index (χ2v) is 6.75. The van der Waals surface area contributed by atoms with Gasteiger partial charge < -0.3 is 15.4 Å². The van der Waals surface area contributed by atoms with E-state index < -0.39 is 17.9 Å². The van der Waals surface area contributed by atoms with Gasteiger partial charge >= 0.3 is 6.03 Å². The van der Waals surface area contributed by atoms with E-state index in [4.69, 9.17) is 4.74 Å². The van der Waals surface area contributed by atoms with Crippen molar-refractivity contribution >= 4 is 11.7 Å². The third-order valence-corrected chi connectivity index (χ3v) is 4.47. The molecule has 0 bridgehead atoms. The summed E-state index contributed by atoms with van der Waals surface area (Å²) >= 11 is 0. The Morgan fingerprint density at radius 3 is 2.39 bits per heavy atom. The number of nitrogens with zero attached hydrogens (tertiary/aromatic N) is 2. The van der Waals surface area contributed by atoms with Gasteiger partial charge in [-0.3, -0.25) is 5.10 Å². The molecule has 4 rings (SSSR count). The number of hydrogen-bond acceptors (Lipinski definition) is 4. The zero-order valence-electron chi connectivity index (χ0n) is 16.7. The number of ether oxygens (including phenoxy) is 1. The molecule has 2 amide bonds. The molecule has 3 N–H and O–H groups in total. The highest BCUT2D eigenvalue weighted by atomic mass is 19.1. The van der Waals surface area contributed by atoms with E-state index in [0.29, 0.717) is 17.4 Å². The molecule has 1 unspecified atom stereocenters. The third kappa shape index (κ3) is 4.87. The molecule has 156 valence electrons. The maximum absolute atomic E-state index is 14.5. The molecule has 0 spiro atoms. The minimum Gasteiger partial charge on any atom is -0.455 e. The molecule has 1 heterocycles. The molecule has 31 heavy (non-hydrogen) atoms. The summed E-state index contributed by atoms with van der Waals surface area (Å²) in [4.78, 5) is 17.2. The first-order chi connectivity index (χ1) is 15.1. The van der Waals surface area contributed by atoms with Crippen molar-refractivity contribution in [2.75, 3.05) is 5.32 Å². The van der Waals surface area contributed by atoms with Crippen molar-refractivity contribution in [2.24, 2.45) is 0 Å². The van der Waals surface area contributed by atoms with Crippen molar-refractivity contribution in [3.63, 3.8) is 0 Å². The largest absolute Gasteiger partial charge is 0.455 e. The van der Waals surface area contributed by atoms with Crippen molar-refractivity contribution < 1.29 is 13.9 Å². The fourth-order valence-corrected chi connectivity index (χ4v) is 3.04. The number of aryl methyl sites for hydroxylation is 1. The Hall–Kier alpha value is -4.20. The molecular formula is C23H20FN5O2. The summed E-state index contributed by atoms with van der Waals surface area (Å²) in [6, 6.07) is 21.3. The summed E-state index contributed by atoms with van der Waals surface area (Å²) in [5.74, 6) is 1.11. The zero-order chi connectivity index (χ0) is 21.6. The Balaban J connectivity index is 1.57. The van der Waals surface area contributed by atoms with Crippen LogP contribution < -0.4 is 15.4 Å². The van der Waals surface area contributed by atoms with Crippen LogP contribution in [0.15, 0.2) is 78.9 Å². The van der Waals surface area contributed by atoms with Gasteiger partial charge in [0.05, 0.1) is 0 Å². The molecule has 0 radical (unpaired) electrons. The quantitative estimate of drug-likeness (QED) is 0.414. The second kappa shape index (κ2) is 9.08. The molecule has 0 saturated heterocycles. The van der Waals surface area contributed by atoms with Crippen LogP contribution in [-0.2, 0) is 0 Å². The fourth-order valence-electron chi connectivity index (χ4n) is 3.04. The third-order valence-electron chi connectivity index (χ3n) is 4.47. The number of amides is 2. The molecule has 0 saturated carbocycles. The minimum atomic E-state index is -0.628. The lowest BCUT2D eigenvalue weighted by molar-refractivity contribution is 0.249. The van der Waals surface area contributed by atoms with Gasteiger partial charge in [-0.1, -0.05) is 54.6 Å². The van der Waals surface area contributed by atoms with Gasteiger partial charge in [0, 0.05) is 0 Å². The molecule has 1 atom stereocenters. The highest BCUT2D eigenvalue weighted by Gasteiger charge is 2.22. The van der Waals surface area contributed by atoms with E-state index in [9.17, 15) is 9.18 Å². The first-order valence-corrected chi connectivity index (χ1v) is 9.63. The van der Waals surface area contributed by atoms with Crippen LogP contribution in [0.3, 0.4) is 0 Å². The molecule has 1 aromatic heterocycles. The van der Waals surface area contributed by atoms with Gasteiger partial charge in [-0.2, -0.15) is 5.10 Å². The average molecular weight is 417 g/mol. The number of carbonyl (C=O) groups excluding carboxylic acids is 1. The van der Waals surface area contributed by atoms with Crippen LogP contribution in [0.2, 0.25) is 0 Å². The average Bonchev–Trinajstić information content (AvgIpc) is 3.22. The number of H-pyrrole nitrogens is 1. The number of benzene rings is 3. The van der Waals surface area contributed by atoms with Gasteiger partial charge in [0.1, 0.15) is 23.3 Å². The SMILES string of the molecule is Cc1nc(C(NC(=O)Nc2c(F)cccc2Oc2ccccc2)c2ccccc2)n[nH]1. The number of anilines is 1. The van der Waals surface area contributed by atoms with E-state index in [1.807, 2.05) is 36.4 Å². The Morgan fingerprint density at radius 1 is 1.00 bits per heavy atom. The lowest BCUT2D eigenvalue weighted by Crippen LogP contribution is -2.34. The van der Waals surface area contributed by atoms with E-state index in [0.717, 1.165) is 5.56 Å². The smallest absolute Gasteiger partial charge is 0.320 e. The number of nitrogens with one attached hydrogen (secondary N) is 3. The number of hydrogen-bond donors (Lipinski definition) is 3. The van der Waals surface area contributed by atoms with Gasteiger partial charge in [0.25, 0.3) is 0 Å². The summed E-state index contributed by atoms with van der Waals surface area (Å²) in [5, 5.41) is 12.3. The number of aromatic nitrogens is 3. The minimum absolute atomic E-state index is 0.0677. The van der Waals surface area contributed by atoms with Crippen molar-refractivity contribution in [3.05, 3.63) is 102 Å². The van der Waals surface area contributed by atoms with Crippen LogP contribution in [0.1, 0.15) is 23.3 Å². The molecule has 0 aliphatic heterocycles. The molecule has 0 aliphatic rings. The van der Waals surface area contributed by atoms with E-state index in [1.165, 1.54) is 12.1 Å². The number of urea groups is 1. The monoisotopic (exact) mass is 417 g/mol. The Bertz CT molecular complexity index is 1170. The number of para-hydroxylation sites is 2. The van der Waals surface area contributed by atoms with Crippen LogP contribution >= 0.6 is 0 Å². The Kier molecular flexibility index (Phi) is 5.89. The molecule has 4 aromatic rings. The van der Waals surface area contributed by atoms with E-state index in [1.54, 1.807) is 37.3 Å². The molecule has 7 nitrogen and oxygen atoms in total. The van der Waals surface area contributed by atoms with Crippen molar-refractivity contribution in [2.45, 2.75) is 13.0 Å². The summed E-state index contributed by atoms with van der Waals surface area (Å²) in [6.07, 6.45) is 0. The number of halogens is 1. The van der Waals surface area contributed by atoms with Crippen LogP contribution in [0, 0.1) is 12.7 Å². The van der Waals surface area contributed by atoms with Gasteiger partial charge in [0.2, 0.25) is 0 Å².